The smallest absolute Gasteiger partial charge is 0.0615 e. The summed E-state index contributed by atoms with van der Waals surface area (Å²) in [6, 6.07) is 0. The molecule has 0 radical (unpaired) electrons. The second-order valence-corrected chi connectivity index (χ2v) is 5.03. The molecule has 4 N–H and O–H groups in total. The van der Waals surface area contributed by atoms with E-state index in [4.69, 9.17) is 4.74 Å². The van der Waals surface area contributed by atoms with Gasteiger partial charge in [0.15, 0.2) is 0 Å². The third-order valence-electron chi connectivity index (χ3n) is 3.41. The maximum absolute atomic E-state index is 9.44. The molecule has 0 bridgehead atoms. The molecule has 1 rings (SSSR count). The fourth-order valence-electron chi connectivity index (χ4n) is 1.72. The van der Waals surface area contributed by atoms with Gasteiger partial charge in [0.05, 0.1) is 19.8 Å². The first-order chi connectivity index (χ1) is 7.60. The Morgan fingerprint density at radius 3 is 2.19 bits per heavy atom. The quantitative estimate of drug-likeness (QED) is 0.478. The summed E-state index contributed by atoms with van der Waals surface area (Å²) in [4.78, 5) is 0. The van der Waals surface area contributed by atoms with Crippen molar-refractivity contribution in [2.24, 2.45) is 5.41 Å². The molecule has 5 heteroatoms. The predicted octanol–water partition coefficient (Wildman–Crippen LogP) is -0.892. The monoisotopic (exact) mass is 233 g/mol. The van der Waals surface area contributed by atoms with Crippen LogP contribution in [0.3, 0.4) is 0 Å². The summed E-state index contributed by atoms with van der Waals surface area (Å²) < 4.78 is 5.26. The fourth-order valence-corrected chi connectivity index (χ4v) is 1.72. The van der Waals surface area contributed by atoms with Crippen LogP contribution in [-0.2, 0) is 4.74 Å². The number of rotatable bonds is 6. The molecule has 1 fully saturated rings. The minimum absolute atomic E-state index is 0.0588. The van der Waals surface area contributed by atoms with Crippen LogP contribution >= 0.6 is 0 Å². The van der Waals surface area contributed by atoms with Gasteiger partial charge in [-0.05, 0) is 12.8 Å². The molecule has 5 nitrogen and oxygen atoms in total. The van der Waals surface area contributed by atoms with E-state index in [1.807, 2.05) is 6.92 Å². The molecular formula is C11H23NO4. The van der Waals surface area contributed by atoms with Crippen molar-refractivity contribution in [1.29, 1.82) is 0 Å². The Kier molecular flexibility index (Phi) is 5.14. The number of hydrogen-bond acceptors (Lipinski definition) is 5. The summed E-state index contributed by atoms with van der Waals surface area (Å²) in [6.45, 7) is 3.49. The van der Waals surface area contributed by atoms with E-state index in [9.17, 15) is 15.3 Å². The van der Waals surface area contributed by atoms with Crippen LogP contribution in [0.4, 0.5) is 0 Å². The first-order valence-corrected chi connectivity index (χ1v) is 5.75. The number of aliphatic hydroxyl groups is 3. The van der Waals surface area contributed by atoms with Crippen LogP contribution < -0.4 is 5.32 Å². The lowest BCUT2D eigenvalue weighted by Crippen LogP contribution is -2.56. The number of hydrogen-bond donors (Lipinski definition) is 4. The van der Waals surface area contributed by atoms with Gasteiger partial charge in [0.1, 0.15) is 0 Å². The number of aliphatic hydroxyl groups excluding tert-OH is 3. The molecule has 0 aliphatic carbocycles. The second-order valence-electron chi connectivity index (χ2n) is 5.03. The third-order valence-corrected chi connectivity index (χ3v) is 3.41. The van der Waals surface area contributed by atoms with Gasteiger partial charge in [-0.3, -0.25) is 0 Å². The largest absolute Gasteiger partial charge is 0.396 e. The van der Waals surface area contributed by atoms with E-state index in [1.54, 1.807) is 0 Å². The molecule has 0 unspecified atom stereocenters. The van der Waals surface area contributed by atoms with Crippen LogP contribution in [0.1, 0.15) is 19.8 Å². The van der Waals surface area contributed by atoms with Crippen LogP contribution in [0.5, 0.6) is 0 Å². The highest BCUT2D eigenvalue weighted by Gasteiger charge is 2.34. The van der Waals surface area contributed by atoms with Crippen molar-refractivity contribution in [3.8, 4) is 0 Å². The van der Waals surface area contributed by atoms with Crippen LogP contribution in [0.15, 0.2) is 0 Å². The number of nitrogens with one attached hydrogen (secondary N) is 1. The Labute approximate surface area is 96.4 Å². The summed E-state index contributed by atoms with van der Waals surface area (Å²) in [6.07, 6.45) is 1.52. The summed E-state index contributed by atoms with van der Waals surface area (Å²) >= 11 is 0. The zero-order valence-electron chi connectivity index (χ0n) is 9.91. The van der Waals surface area contributed by atoms with Gasteiger partial charge in [0, 0.05) is 30.7 Å². The van der Waals surface area contributed by atoms with Crippen LogP contribution in [0.2, 0.25) is 0 Å². The zero-order chi connectivity index (χ0) is 12.1. The van der Waals surface area contributed by atoms with E-state index >= 15 is 0 Å². The van der Waals surface area contributed by atoms with Gasteiger partial charge < -0.3 is 25.4 Å². The molecule has 1 heterocycles. The second kappa shape index (κ2) is 5.93. The molecule has 96 valence electrons. The molecule has 16 heavy (non-hydrogen) atoms. The molecule has 0 aromatic carbocycles. The lowest BCUT2D eigenvalue weighted by atomic mass is 9.87. The van der Waals surface area contributed by atoms with E-state index < -0.39 is 5.41 Å². The fraction of sp³-hybridized carbons (Fsp3) is 1.00. The highest BCUT2D eigenvalue weighted by molar-refractivity contribution is 4.91. The molecular weight excluding hydrogens is 210 g/mol. The Bertz CT molecular complexity index is 200. The molecule has 1 aliphatic heterocycles. The van der Waals surface area contributed by atoms with Crippen molar-refractivity contribution in [3.05, 3.63) is 0 Å². The SMILES string of the molecule is CC(CO)(CO)CNC1(CO)CCOCC1. The van der Waals surface area contributed by atoms with Crippen molar-refractivity contribution in [2.75, 3.05) is 39.6 Å². The number of ether oxygens (including phenoxy) is 1. The van der Waals surface area contributed by atoms with E-state index in [-0.39, 0.29) is 25.4 Å². The van der Waals surface area contributed by atoms with E-state index in [1.165, 1.54) is 0 Å². The van der Waals surface area contributed by atoms with Gasteiger partial charge in [0.25, 0.3) is 0 Å². The lowest BCUT2D eigenvalue weighted by Gasteiger charge is -2.39. The Morgan fingerprint density at radius 2 is 1.75 bits per heavy atom. The van der Waals surface area contributed by atoms with Gasteiger partial charge in [-0.15, -0.1) is 0 Å². The molecule has 1 saturated heterocycles. The Balaban J connectivity index is 2.50. The standard InChI is InChI=1S/C11H23NO4/c1-10(7-13,8-14)6-12-11(9-15)2-4-16-5-3-11/h12-15H,2-9H2,1H3. The molecule has 0 aromatic rings. The minimum Gasteiger partial charge on any atom is -0.396 e. The normalized spacial score (nSPS) is 21.0. The average Bonchev–Trinajstić information content (AvgIpc) is 2.37. The maximum atomic E-state index is 9.44. The first kappa shape index (κ1) is 13.9. The van der Waals surface area contributed by atoms with Crippen LogP contribution in [0, 0.1) is 5.41 Å². The van der Waals surface area contributed by atoms with Crippen molar-refractivity contribution >= 4 is 0 Å². The first-order valence-electron chi connectivity index (χ1n) is 5.75. The van der Waals surface area contributed by atoms with Crippen LogP contribution in [-0.4, -0.2) is 60.4 Å². The van der Waals surface area contributed by atoms with Gasteiger partial charge in [-0.2, -0.15) is 0 Å². The van der Waals surface area contributed by atoms with E-state index in [0.717, 1.165) is 12.8 Å². The summed E-state index contributed by atoms with van der Waals surface area (Å²) in [5.74, 6) is 0. The van der Waals surface area contributed by atoms with Gasteiger partial charge >= 0.3 is 0 Å². The molecule has 0 atom stereocenters. The summed E-state index contributed by atoms with van der Waals surface area (Å²) in [5.41, 5.74) is -0.857. The third kappa shape index (κ3) is 3.40. The predicted molar refractivity (Wildman–Crippen MR) is 60.2 cm³/mol. The lowest BCUT2D eigenvalue weighted by molar-refractivity contribution is -0.00263. The summed E-state index contributed by atoms with van der Waals surface area (Å²) in [5, 5.41) is 31.1. The van der Waals surface area contributed by atoms with Crippen molar-refractivity contribution < 1.29 is 20.1 Å². The molecule has 0 amide bonds. The van der Waals surface area contributed by atoms with Crippen LogP contribution in [0.25, 0.3) is 0 Å². The topological polar surface area (TPSA) is 82.0 Å². The maximum Gasteiger partial charge on any atom is 0.0615 e. The van der Waals surface area contributed by atoms with Gasteiger partial charge in [-0.25, -0.2) is 0 Å². The van der Waals surface area contributed by atoms with E-state index in [0.29, 0.717) is 19.8 Å². The van der Waals surface area contributed by atoms with Gasteiger partial charge in [0.2, 0.25) is 0 Å². The highest BCUT2D eigenvalue weighted by Crippen LogP contribution is 2.22. The molecule has 0 spiro atoms. The highest BCUT2D eigenvalue weighted by atomic mass is 16.5. The minimum atomic E-state index is -0.541. The Morgan fingerprint density at radius 1 is 1.19 bits per heavy atom. The molecule has 1 aliphatic rings. The van der Waals surface area contributed by atoms with Crippen molar-refractivity contribution in [3.63, 3.8) is 0 Å². The van der Waals surface area contributed by atoms with Crippen molar-refractivity contribution in [1.82, 2.24) is 5.32 Å². The molecule has 0 aromatic heterocycles. The van der Waals surface area contributed by atoms with E-state index in [2.05, 4.69) is 5.32 Å². The zero-order valence-corrected chi connectivity index (χ0v) is 9.91. The average molecular weight is 233 g/mol. The van der Waals surface area contributed by atoms with Crippen molar-refractivity contribution in [2.45, 2.75) is 25.3 Å². The molecule has 0 saturated carbocycles. The van der Waals surface area contributed by atoms with Gasteiger partial charge in [-0.1, -0.05) is 6.92 Å². The Hall–Kier alpha value is -0.200. The summed E-state index contributed by atoms with van der Waals surface area (Å²) in [7, 11) is 0.